The molecule has 0 saturated carbocycles. The summed E-state index contributed by atoms with van der Waals surface area (Å²) in [7, 11) is 0. The van der Waals surface area contributed by atoms with Gasteiger partial charge < -0.3 is 15.5 Å². The zero-order valence-electron chi connectivity index (χ0n) is 9.78. The van der Waals surface area contributed by atoms with Crippen molar-refractivity contribution in [3.05, 3.63) is 50.2 Å². The summed E-state index contributed by atoms with van der Waals surface area (Å²) in [6, 6.07) is 4.72. The third-order valence-corrected chi connectivity index (χ3v) is 2.94. The smallest absolute Gasteiger partial charge is 0.256 e. The molecule has 1 heterocycles. The third-order valence-electron chi connectivity index (χ3n) is 2.37. The molecule has 1 aromatic carbocycles. The fourth-order valence-electron chi connectivity index (χ4n) is 1.50. The van der Waals surface area contributed by atoms with E-state index in [0.29, 0.717) is 0 Å². The Labute approximate surface area is 122 Å². The lowest BCUT2D eigenvalue weighted by Gasteiger charge is -2.08. The van der Waals surface area contributed by atoms with Gasteiger partial charge in [0.1, 0.15) is 0 Å². The first-order valence-electron chi connectivity index (χ1n) is 5.29. The molecule has 4 N–H and O–H groups in total. The summed E-state index contributed by atoms with van der Waals surface area (Å²) in [4.78, 5) is 25.2. The molecule has 2 rings (SSSR count). The first-order valence-corrected chi connectivity index (χ1v) is 6.05. The van der Waals surface area contributed by atoms with Gasteiger partial charge in [-0.3, -0.25) is 14.6 Å². The third kappa shape index (κ3) is 3.04. The number of pyridine rings is 1. The van der Waals surface area contributed by atoms with Crippen LogP contribution < -0.4 is 10.9 Å². The largest absolute Gasteiger partial charge is 0.505 e. The summed E-state index contributed by atoms with van der Waals surface area (Å²) in [6.07, 6.45) is 0. The number of carbonyl (C=O) groups is 1. The van der Waals surface area contributed by atoms with Crippen LogP contribution in [0, 0.1) is 0 Å². The van der Waals surface area contributed by atoms with E-state index in [1.54, 1.807) is 0 Å². The maximum Gasteiger partial charge on any atom is 0.256 e. The number of halogens is 2. The lowest BCUT2D eigenvalue weighted by atomic mass is 10.2. The quantitative estimate of drug-likeness (QED) is 0.639. The summed E-state index contributed by atoms with van der Waals surface area (Å²) in [5.41, 5.74) is -0.411. The summed E-state index contributed by atoms with van der Waals surface area (Å²) in [5, 5.41) is 21.0. The monoisotopic (exact) mass is 314 g/mol. The molecule has 0 aliphatic rings. The average Bonchev–Trinajstić information content (AvgIpc) is 2.34. The molecule has 0 aliphatic heterocycles. The van der Waals surface area contributed by atoms with Gasteiger partial charge in [-0.1, -0.05) is 23.2 Å². The van der Waals surface area contributed by atoms with Gasteiger partial charge in [0.2, 0.25) is 0 Å². The number of carbonyl (C=O) groups excluding carboxylic acids is 1. The zero-order chi connectivity index (χ0) is 14.9. The van der Waals surface area contributed by atoms with E-state index in [-0.39, 0.29) is 27.0 Å². The summed E-state index contributed by atoms with van der Waals surface area (Å²) in [6.45, 7) is 0. The molecule has 0 aliphatic carbocycles. The van der Waals surface area contributed by atoms with Gasteiger partial charge in [0, 0.05) is 17.8 Å². The summed E-state index contributed by atoms with van der Waals surface area (Å²) >= 11 is 11.4. The Kier molecular flexibility index (Phi) is 3.87. The maximum absolute atomic E-state index is 11.9. The Morgan fingerprint density at radius 3 is 2.25 bits per heavy atom. The predicted molar refractivity (Wildman–Crippen MR) is 74.8 cm³/mol. The van der Waals surface area contributed by atoms with E-state index in [9.17, 15) is 19.8 Å². The Bertz CT molecular complexity index is 719. The van der Waals surface area contributed by atoms with Crippen LogP contribution in [0.1, 0.15) is 10.4 Å². The second-order valence-electron chi connectivity index (χ2n) is 3.86. The number of aromatic nitrogens is 1. The molecule has 2 aromatic rings. The molecule has 0 saturated heterocycles. The molecule has 0 bridgehead atoms. The fraction of sp³-hybridized carbons (Fsp3) is 0. The molecular formula is C12H8Cl2N2O4. The van der Waals surface area contributed by atoms with Gasteiger partial charge in [0.25, 0.3) is 11.5 Å². The van der Waals surface area contributed by atoms with Crippen LogP contribution in [0.25, 0.3) is 0 Å². The Morgan fingerprint density at radius 2 is 1.70 bits per heavy atom. The van der Waals surface area contributed by atoms with E-state index >= 15 is 0 Å². The SMILES string of the molecule is O=C(Nc1cc(Cl)c(O)c(Cl)c1)c1cc(O)[nH]c(=O)c1. The summed E-state index contributed by atoms with van der Waals surface area (Å²) in [5.74, 6) is -1.35. The van der Waals surface area contributed by atoms with Crippen LogP contribution >= 0.6 is 23.2 Å². The van der Waals surface area contributed by atoms with Gasteiger partial charge in [-0.15, -0.1) is 0 Å². The van der Waals surface area contributed by atoms with Crippen LogP contribution in [0.3, 0.4) is 0 Å². The molecule has 0 atom stereocenters. The first-order chi connectivity index (χ1) is 9.36. The van der Waals surface area contributed by atoms with E-state index in [2.05, 4.69) is 10.3 Å². The molecule has 0 spiro atoms. The van der Waals surface area contributed by atoms with Gasteiger partial charge in [0.15, 0.2) is 11.6 Å². The normalized spacial score (nSPS) is 10.3. The molecule has 0 fully saturated rings. The first kappa shape index (κ1) is 14.2. The minimum absolute atomic E-state index is 0.0263. The highest BCUT2D eigenvalue weighted by Crippen LogP contribution is 2.34. The molecule has 1 aromatic heterocycles. The maximum atomic E-state index is 11.9. The topological polar surface area (TPSA) is 102 Å². The minimum atomic E-state index is -0.635. The van der Waals surface area contributed by atoms with Crippen LogP contribution in [-0.2, 0) is 0 Å². The lowest BCUT2D eigenvalue weighted by molar-refractivity contribution is 0.102. The highest BCUT2D eigenvalue weighted by Gasteiger charge is 2.12. The number of aromatic amines is 1. The number of benzene rings is 1. The van der Waals surface area contributed by atoms with Crippen molar-refractivity contribution in [2.24, 2.45) is 0 Å². The van der Waals surface area contributed by atoms with Crippen molar-refractivity contribution in [3.8, 4) is 11.6 Å². The van der Waals surface area contributed by atoms with Crippen molar-refractivity contribution >= 4 is 34.8 Å². The van der Waals surface area contributed by atoms with E-state index < -0.39 is 17.3 Å². The van der Waals surface area contributed by atoms with Crippen molar-refractivity contribution in [3.63, 3.8) is 0 Å². The number of aromatic hydroxyl groups is 2. The molecule has 20 heavy (non-hydrogen) atoms. The van der Waals surface area contributed by atoms with Gasteiger partial charge in [-0.05, 0) is 12.1 Å². The molecule has 1 amide bonds. The standard InChI is InChI=1S/C12H8Cl2N2O4/c13-7-3-6(4-8(14)11(7)19)15-12(20)5-1-9(17)16-10(18)2-5/h1-4,19H,(H,15,20)(H2,16,17,18). The Balaban J connectivity index is 2.30. The van der Waals surface area contributed by atoms with Crippen LogP contribution in [0.5, 0.6) is 11.6 Å². The van der Waals surface area contributed by atoms with E-state index in [0.717, 1.165) is 12.1 Å². The second-order valence-corrected chi connectivity index (χ2v) is 4.68. The lowest BCUT2D eigenvalue weighted by Crippen LogP contribution is -2.15. The molecule has 0 unspecified atom stereocenters. The Morgan fingerprint density at radius 1 is 1.10 bits per heavy atom. The fourth-order valence-corrected chi connectivity index (χ4v) is 1.99. The number of hydrogen-bond donors (Lipinski definition) is 4. The molecule has 0 radical (unpaired) electrons. The predicted octanol–water partition coefficient (Wildman–Crippen LogP) is 2.35. The van der Waals surface area contributed by atoms with Gasteiger partial charge in [-0.2, -0.15) is 0 Å². The van der Waals surface area contributed by atoms with Crippen molar-refractivity contribution in [2.75, 3.05) is 5.32 Å². The van der Waals surface area contributed by atoms with Gasteiger partial charge in [-0.25, -0.2) is 0 Å². The molecule has 8 heteroatoms. The van der Waals surface area contributed by atoms with E-state index in [1.165, 1.54) is 12.1 Å². The molecule has 104 valence electrons. The number of H-pyrrole nitrogens is 1. The number of nitrogens with one attached hydrogen (secondary N) is 2. The van der Waals surface area contributed by atoms with Crippen molar-refractivity contribution < 1.29 is 15.0 Å². The van der Waals surface area contributed by atoms with Crippen LogP contribution in [0.15, 0.2) is 29.1 Å². The minimum Gasteiger partial charge on any atom is -0.505 e. The number of phenols is 1. The number of anilines is 1. The van der Waals surface area contributed by atoms with Gasteiger partial charge >= 0.3 is 0 Å². The van der Waals surface area contributed by atoms with Crippen LogP contribution in [-0.4, -0.2) is 21.1 Å². The van der Waals surface area contributed by atoms with E-state index in [1.807, 2.05) is 0 Å². The number of rotatable bonds is 2. The zero-order valence-corrected chi connectivity index (χ0v) is 11.3. The van der Waals surface area contributed by atoms with E-state index in [4.69, 9.17) is 23.2 Å². The highest BCUT2D eigenvalue weighted by atomic mass is 35.5. The van der Waals surface area contributed by atoms with Crippen molar-refractivity contribution in [1.82, 2.24) is 4.98 Å². The number of phenolic OH excluding ortho intramolecular Hbond substituents is 1. The second kappa shape index (κ2) is 5.44. The summed E-state index contributed by atoms with van der Waals surface area (Å²) < 4.78 is 0. The highest BCUT2D eigenvalue weighted by molar-refractivity contribution is 6.37. The number of hydrogen-bond acceptors (Lipinski definition) is 4. The van der Waals surface area contributed by atoms with Crippen LogP contribution in [0.4, 0.5) is 5.69 Å². The average molecular weight is 315 g/mol. The van der Waals surface area contributed by atoms with Crippen LogP contribution in [0.2, 0.25) is 10.0 Å². The Hall–Kier alpha value is -2.18. The molecular weight excluding hydrogens is 307 g/mol. The number of amides is 1. The van der Waals surface area contributed by atoms with Crippen molar-refractivity contribution in [1.29, 1.82) is 0 Å². The molecule has 6 nitrogen and oxygen atoms in total. The van der Waals surface area contributed by atoms with Gasteiger partial charge in [0.05, 0.1) is 15.6 Å². The van der Waals surface area contributed by atoms with Crippen molar-refractivity contribution in [2.45, 2.75) is 0 Å².